The van der Waals surface area contributed by atoms with Gasteiger partial charge in [0.1, 0.15) is 0 Å². The third-order valence-electron chi connectivity index (χ3n) is 3.56. The lowest BCUT2D eigenvalue weighted by Crippen LogP contribution is -2.52. The smallest absolute Gasteiger partial charge is 0.220 e. The van der Waals surface area contributed by atoms with Crippen LogP contribution in [0.4, 0.5) is 0 Å². The molecule has 3 heteroatoms. The number of amides is 1. The molecule has 1 amide bonds. The molecule has 1 aliphatic carbocycles. The molecule has 2 aliphatic rings. The zero-order valence-corrected chi connectivity index (χ0v) is 7.88. The summed E-state index contributed by atoms with van der Waals surface area (Å²) in [5.74, 6) is 0.118. The van der Waals surface area contributed by atoms with Gasteiger partial charge >= 0.3 is 0 Å². The Morgan fingerprint density at radius 3 is 2.69 bits per heavy atom. The van der Waals surface area contributed by atoms with E-state index in [9.17, 15) is 9.90 Å². The molecular weight excluding hydrogens is 166 g/mol. The second kappa shape index (κ2) is 3.29. The van der Waals surface area contributed by atoms with Crippen molar-refractivity contribution in [1.82, 2.24) is 5.32 Å². The van der Waals surface area contributed by atoms with Crippen molar-refractivity contribution >= 4 is 5.91 Å². The minimum Gasteiger partial charge on any atom is -0.391 e. The van der Waals surface area contributed by atoms with Gasteiger partial charge in [-0.15, -0.1) is 0 Å². The Balaban J connectivity index is 2.11. The third kappa shape index (κ3) is 1.57. The van der Waals surface area contributed by atoms with Crippen LogP contribution in [0.1, 0.15) is 38.5 Å². The summed E-state index contributed by atoms with van der Waals surface area (Å²) in [5.41, 5.74) is -0.0689. The van der Waals surface area contributed by atoms with E-state index in [4.69, 9.17) is 0 Å². The van der Waals surface area contributed by atoms with Crippen LogP contribution in [0, 0.1) is 5.41 Å². The van der Waals surface area contributed by atoms with Crippen molar-refractivity contribution in [2.45, 2.75) is 44.6 Å². The first kappa shape index (κ1) is 9.00. The van der Waals surface area contributed by atoms with Crippen LogP contribution in [-0.4, -0.2) is 23.7 Å². The van der Waals surface area contributed by atoms with Gasteiger partial charge < -0.3 is 10.4 Å². The van der Waals surface area contributed by atoms with Crippen LogP contribution in [0.2, 0.25) is 0 Å². The number of aliphatic hydroxyl groups excluding tert-OH is 1. The maximum Gasteiger partial charge on any atom is 0.220 e. The van der Waals surface area contributed by atoms with Crippen molar-refractivity contribution in [3.05, 3.63) is 0 Å². The molecule has 1 heterocycles. The highest BCUT2D eigenvalue weighted by molar-refractivity contribution is 5.77. The Morgan fingerprint density at radius 2 is 2.00 bits per heavy atom. The Hall–Kier alpha value is -0.570. The van der Waals surface area contributed by atoms with Gasteiger partial charge in [-0.3, -0.25) is 4.79 Å². The average Bonchev–Trinajstić information content (AvgIpc) is 2.14. The number of piperidine rings is 1. The first-order valence-electron chi connectivity index (χ1n) is 5.18. The van der Waals surface area contributed by atoms with Gasteiger partial charge in [0.15, 0.2) is 0 Å². The van der Waals surface area contributed by atoms with E-state index in [-0.39, 0.29) is 17.4 Å². The molecule has 1 aliphatic heterocycles. The fourth-order valence-corrected chi connectivity index (χ4v) is 2.69. The standard InChI is InChI=1S/C10H17NO2/c12-8-7-11-9(13)6-10(8)4-2-1-3-5-10/h8,12H,1-7H2,(H,11,13). The van der Waals surface area contributed by atoms with Gasteiger partial charge in [-0.05, 0) is 12.8 Å². The Morgan fingerprint density at radius 1 is 1.31 bits per heavy atom. The molecule has 3 nitrogen and oxygen atoms in total. The highest BCUT2D eigenvalue weighted by atomic mass is 16.3. The van der Waals surface area contributed by atoms with E-state index in [1.165, 1.54) is 19.3 Å². The van der Waals surface area contributed by atoms with E-state index < -0.39 is 0 Å². The molecule has 2 fully saturated rings. The molecule has 1 saturated carbocycles. The number of rotatable bonds is 0. The Bertz CT molecular complexity index is 209. The molecule has 0 aromatic carbocycles. The lowest BCUT2D eigenvalue weighted by Gasteiger charge is -2.43. The van der Waals surface area contributed by atoms with Gasteiger partial charge in [-0.1, -0.05) is 19.3 Å². The summed E-state index contributed by atoms with van der Waals surface area (Å²) in [6.45, 7) is 0.457. The van der Waals surface area contributed by atoms with E-state index >= 15 is 0 Å². The van der Waals surface area contributed by atoms with Crippen molar-refractivity contribution in [2.24, 2.45) is 5.41 Å². The molecule has 0 bridgehead atoms. The Labute approximate surface area is 78.5 Å². The van der Waals surface area contributed by atoms with Gasteiger partial charge in [0.2, 0.25) is 5.91 Å². The lowest BCUT2D eigenvalue weighted by molar-refractivity contribution is -0.133. The van der Waals surface area contributed by atoms with Gasteiger partial charge in [-0.25, -0.2) is 0 Å². The lowest BCUT2D eigenvalue weighted by atomic mass is 9.66. The predicted octanol–water partition coefficient (Wildman–Crippen LogP) is 0.818. The fourth-order valence-electron chi connectivity index (χ4n) is 2.69. The molecule has 1 spiro atoms. The van der Waals surface area contributed by atoms with E-state index in [2.05, 4.69) is 5.32 Å². The number of hydrogen-bond acceptors (Lipinski definition) is 2. The summed E-state index contributed by atoms with van der Waals surface area (Å²) >= 11 is 0. The second-order valence-electron chi connectivity index (χ2n) is 4.42. The first-order chi connectivity index (χ1) is 6.23. The average molecular weight is 183 g/mol. The zero-order valence-electron chi connectivity index (χ0n) is 7.88. The maximum atomic E-state index is 11.3. The topological polar surface area (TPSA) is 49.3 Å². The molecule has 1 saturated heterocycles. The van der Waals surface area contributed by atoms with Crippen molar-refractivity contribution < 1.29 is 9.90 Å². The number of nitrogens with one attached hydrogen (secondary N) is 1. The van der Waals surface area contributed by atoms with Crippen LogP contribution in [-0.2, 0) is 4.79 Å². The minimum atomic E-state index is -0.314. The molecule has 1 atom stereocenters. The normalized spacial score (nSPS) is 33.0. The molecule has 0 aromatic rings. The second-order valence-corrected chi connectivity index (χ2v) is 4.42. The van der Waals surface area contributed by atoms with E-state index in [0.717, 1.165) is 12.8 Å². The number of carbonyl (C=O) groups excluding carboxylic acids is 1. The molecule has 13 heavy (non-hydrogen) atoms. The first-order valence-corrected chi connectivity index (χ1v) is 5.18. The highest BCUT2D eigenvalue weighted by Crippen LogP contribution is 2.43. The quantitative estimate of drug-likeness (QED) is 0.584. The van der Waals surface area contributed by atoms with Crippen LogP contribution >= 0.6 is 0 Å². The maximum absolute atomic E-state index is 11.3. The molecule has 1 unspecified atom stereocenters. The highest BCUT2D eigenvalue weighted by Gasteiger charge is 2.43. The predicted molar refractivity (Wildman–Crippen MR) is 49.2 cm³/mol. The van der Waals surface area contributed by atoms with Crippen molar-refractivity contribution in [3.63, 3.8) is 0 Å². The van der Waals surface area contributed by atoms with Crippen molar-refractivity contribution in [1.29, 1.82) is 0 Å². The molecule has 74 valence electrons. The largest absolute Gasteiger partial charge is 0.391 e. The van der Waals surface area contributed by atoms with Gasteiger partial charge in [-0.2, -0.15) is 0 Å². The van der Waals surface area contributed by atoms with Crippen molar-refractivity contribution in [3.8, 4) is 0 Å². The van der Waals surface area contributed by atoms with E-state index in [1.807, 2.05) is 0 Å². The molecular formula is C10H17NO2. The van der Waals surface area contributed by atoms with Crippen LogP contribution in [0.25, 0.3) is 0 Å². The summed E-state index contributed by atoms with van der Waals surface area (Å²) in [4.78, 5) is 11.3. The number of hydrogen-bond donors (Lipinski definition) is 2. The summed E-state index contributed by atoms with van der Waals surface area (Å²) in [5, 5.41) is 12.6. The van der Waals surface area contributed by atoms with Crippen LogP contribution in [0.5, 0.6) is 0 Å². The number of aliphatic hydroxyl groups is 1. The van der Waals surface area contributed by atoms with Gasteiger partial charge in [0, 0.05) is 18.4 Å². The summed E-state index contributed by atoms with van der Waals surface area (Å²) in [6.07, 6.45) is 5.88. The summed E-state index contributed by atoms with van der Waals surface area (Å²) in [7, 11) is 0. The zero-order chi connectivity index (χ0) is 9.31. The minimum absolute atomic E-state index is 0.0689. The fraction of sp³-hybridized carbons (Fsp3) is 0.900. The Kier molecular flexibility index (Phi) is 2.28. The number of β-amino-alcohol motifs (C(OH)–C–C–N with tert-alkyl or cyclic N) is 1. The molecule has 0 radical (unpaired) electrons. The number of carbonyl (C=O) groups is 1. The van der Waals surface area contributed by atoms with Crippen LogP contribution < -0.4 is 5.32 Å². The molecule has 2 rings (SSSR count). The monoisotopic (exact) mass is 183 g/mol. The summed E-state index contributed by atoms with van der Waals surface area (Å²) < 4.78 is 0. The van der Waals surface area contributed by atoms with E-state index in [0.29, 0.717) is 13.0 Å². The van der Waals surface area contributed by atoms with Gasteiger partial charge in [0.05, 0.1) is 6.10 Å². The van der Waals surface area contributed by atoms with Crippen LogP contribution in [0.3, 0.4) is 0 Å². The SMILES string of the molecule is O=C1CC2(CCCCC2)C(O)CN1. The van der Waals surface area contributed by atoms with Crippen LogP contribution in [0.15, 0.2) is 0 Å². The molecule has 2 N–H and O–H groups in total. The summed E-state index contributed by atoms with van der Waals surface area (Å²) in [6, 6.07) is 0. The third-order valence-corrected chi connectivity index (χ3v) is 3.56. The van der Waals surface area contributed by atoms with Gasteiger partial charge in [0.25, 0.3) is 0 Å². The van der Waals surface area contributed by atoms with Crippen molar-refractivity contribution in [2.75, 3.05) is 6.54 Å². The van der Waals surface area contributed by atoms with E-state index in [1.54, 1.807) is 0 Å². The molecule has 0 aromatic heterocycles.